The number of rotatable bonds is 3. The number of nitriles is 1. The standard InChI is InChI=1S/C20H19N5O2S/c21-13-14-1-2-16-17(11-14)28-19(23-16)24-18-12-15(3-6-22-18)25-7-4-20(5-8-25)26-9-10-27-20/h1-3,6,11-12H,4-5,7-10H2,(H,22,23,24). The zero-order valence-electron chi connectivity index (χ0n) is 15.2. The lowest BCUT2D eigenvalue weighted by atomic mass is 10.0. The summed E-state index contributed by atoms with van der Waals surface area (Å²) in [6.07, 6.45) is 3.56. The van der Waals surface area contributed by atoms with Crippen LogP contribution in [0.1, 0.15) is 18.4 Å². The molecule has 8 heteroatoms. The average Bonchev–Trinajstić information content (AvgIpc) is 3.34. The summed E-state index contributed by atoms with van der Waals surface area (Å²) in [5.41, 5.74) is 2.64. The van der Waals surface area contributed by atoms with Crippen molar-refractivity contribution in [2.75, 3.05) is 36.5 Å². The highest BCUT2D eigenvalue weighted by Gasteiger charge is 2.39. The normalized spacial score (nSPS) is 18.5. The summed E-state index contributed by atoms with van der Waals surface area (Å²) in [6.45, 7) is 3.17. The largest absolute Gasteiger partial charge is 0.371 e. The van der Waals surface area contributed by atoms with Crippen LogP contribution in [0.3, 0.4) is 0 Å². The first-order chi connectivity index (χ1) is 13.7. The van der Waals surface area contributed by atoms with Crippen molar-refractivity contribution in [1.29, 1.82) is 5.26 Å². The van der Waals surface area contributed by atoms with Crippen LogP contribution in [0.4, 0.5) is 16.6 Å². The van der Waals surface area contributed by atoms with Gasteiger partial charge in [0.15, 0.2) is 10.9 Å². The van der Waals surface area contributed by atoms with E-state index in [0.29, 0.717) is 18.8 Å². The van der Waals surface area contributed by atoms with Gasteiger partial charge in [-0.15, -0.1) is 0 Å². The molecule has 4 heterocycles. The Morgan fingerprint density at radius 1 is 1.14 bits per heavy atom. The summed E-state index contributed by atoms with van der Waals surface area (Å²) in [4.78, 5) is 11.4. The van der Waals surface area contributed by atoms with E-state index in [1.165, 1.54) is 11.3 Å². The van der Waals surface area contributed by atoms with E-state index in [2.05, 4.69) is 26.3 Å². The second kappa shape index (κ2) is 7.02. The topological polar surface area (TPSA) is 83.3 Å². The van der Waals surface area contributed by atoms with Crippen molar-refractivity contribution in [2.45, 2.75) is 18.6 Å². The van der Waals surface area contributed by atoms with Gasteiger partial charge in [0.05, 0.1) is 35.1 Å². The van der Waals surface area contributed by atoms with Crippen LogP contribution in [0.5, 0.6) is 0 Å². The second-order valence-corrected chi connectivity index (χ2v) is 7.96. The first kappa shape index (κ1) is 17.4. The average molecular weight is 393 g/mol. The Morgan fingerprint density at radius 2 is 1.96 bits per heavy atom. The predicted molar refractivity (Wildman–Crippen MR) is 108 cm³/mol. The molecule has 2 aliphatic heterocycles. The van der Waals surface area contributed by atoms with Crippen molar-refractivity contribution >= 4 is 38.2 Å². The number of piperidine rings is 1. The molecule has 1 aromatic carbocycles. The molecule has 0 saturated carbocycles. The summed E-state index contributed by atoms with van der Waals surface area (Å²) in [7, 11) is 0. The Kier molecular flexibility index (Phi) is 4.36. The van der Waals surface area contributed by atoms with Gasteiger partial charge in [0, 0.05) is 43.9 Å². The fraction of sp³-hybridized carbons (Fsp3) is 0.350. The highest BCUT2D eigenvalue weighted by molar-refractivity contribution is 7.22. The number of ether oxygens (including phenoxy) is 2. The molecule has 0 amide bonds. The Hall–Kier alpha value is -2.73. The molecule has 5 rings (SSSR count). The van der Waals surface area contributed by atoms with Crippen LogP contribution in [-0.4, -0.2) is 42.1 Å². The second-order valence-electron chi connectivity index (χ2n) is 6.93. The summed E-state index contributed by atoms with van der Waals surface area (Å²) in [6, 6.07) is 11.7. The minimum absolute atomic E-state index is 0.367. The van der Waals surface area contributed by atoms with Gasteiger partial charge < -0.3 is 19.7 Å². The fourth-order valence-electron chi connectivity index (χ4n) is 3.73. The summed E-state index contributed by atoms with van der Waals surface area (Å²) >= 11 is 1.52. The van der Waals surface area contributed by atoms with E-state index in [0.717, 1.165) is 52.8 Å². The number of hydrogen-bond donors (Lipinski definition) is 1. The first-order valence-corrected chi connectivity index (χ1v) is 10.1. The molecule has 7 nitrogen and oxygen atoms in total. The van der Waals surface area contributed by atoms with Crippen molar-refractivity contribution in [1.82, 2.24) is 9.97 Å². The Morgan fingerprint density at radius 3 is 2.75 bits per heavy atom. The Bertz CT molecular complexity index is 1040. The summed E-state index contributed by atoms with van der Waals surface area (Å²) < 4.78 is 12.6. The summed E-state index contributed by atoms with van der Waals surface area (Å²) in [5.74, 6) is 0.388. The van der Waals surface area contributed by atoms with Crippen molar-refractivity contribution in [3.05, 3.63) is 42.1 Å². The van der Waals surface area contributed by atoms with Gasteiger partial charge in [-0.1, -0.05) is 11.3 Å². The first-order valence-electron chi connectivity index (χ1n) is 9.30. The van der Waals surface area contributed by atoms with E-state index in [1.54, 1.807) is 6.07 Å². The van der Waals surface area contributed by atoms with Gasteiger partial charge in [-0.05, 0) is 24.3 Å². The van der Waals surface area contributed by atoms with Gasteiger partial charge in [-0.2, -0.15) is 5.26 Å². The maximum atomic E-state index is 9.05. The van der Waals surface area contributed by atoms with E-state index in [1.807, 2.05) is 30.5 Å². The molecule has 1 N–H and O–H groups in total. The zero-order chi connectivity index (χ0) is 19.0. The van der Waals surface area contributed by atoms with Crippen LogP contribution >= 0.6 is 11.3 Å². The van der Waals surface area contributed by atoms with Crippen molar-refractivity contribution in [3.63, 3.8) is 0 Å². The van der Waals surface area contributed by atoms with Crippen LogP contribution in [0.15, 0.2) is 36.5 Å². The van der Waals surface area contributed by atoms with E-state index in [9.17, 15) is 0 Å². The van der Waals surface area contributed by atoms with Crippen molar-refractivity contribution in [3.8, 4) is 6.07 Å². The quantitative estimate of drug-likeness (QED) is 0.727. The maximum absolute atomic E-state index is 9.05. The van der Waals surface area contributed by atoms with Crippen LogP contribution in [0.25, 0.3) is 10.2 Å². The fourth-order valence-corrected chi connectivity index (χ4v) is 4.64. The Balaban J connectivity index is 1.31. The van der Waals surface area contributed by atoms with Crippen LogP contribution in [0, 0.1) is 11.3 Å². The molecule has 0 atom stereocenters. The molecule has 142 valence electrons. The van der Waals surface area contributed by atoms with E-state index in [4.69, 9.17) is 14.7 Å². The maximum Gasteiger partial charge on any atom is 0.189 e. The molecule has 2 saturated heterocycles. The number of anilines is 3. The lowest BCUT2D eigenvalue weighted by Gasteiger charge is -2.38. The minimum atomic E-state index is -0.367. The molecule has 3 aromatic rings. The number of fused-ring (bicyclic) bond motifs is 1. The molecule has 1 spiro atoms. The molecule has 2 fully saturated rings. The number of pyridine rings is 1. The van der Waals surface area contributed by atoms with Crippen LogP contribution < -0.4 is 10.2 Å². The number of aromatic nitrogens is 2. The third-order valence-corrected chi connectivity index (χ3v) is 6.13. The van der Waals surface area contributed by atoms with Gasteiger partial charge in [-0.25, -0.2) is 9.97 Å². The molecule has 2 aliphatic rings. The molecule has 0 aliphatic carbocycles. The van der Waals surface area contributed by atoms with Crippen molar-refractivity contribution < 1.29 is 9.47 Å². The number of nitrogens with one attached hydrogen (secondary N) is 1. The minimum Gasteiger partial charge on any atom is -0.371 e. The molecule has 0 radical (unpaired) electrons. The number of hydrogen-bond acceptors (Lipinski definition) is 8. The van der Waals surface area contributed by atoms with Gasteiger partial charge in [-0.3, -0.25) is 0 Å². The van der Waals surface area contributed by atoms with E-state index < -0.39 is 0 Å². The third-order valence-electron chi connectivity index (χ3n) is 5.20. The molecule has 0 unspecified atom stereocenters. The molecule has 2 aromatic heterocycles. The van der Waals surface area contributed by atoms with Crippen LogP contribution in [-0.2, 0) is 9.47 Å². The third kappa shape index (κ3) is 3.29. The van der Waals surface area contributed by atoms with Gasteiger partial charge in [0.25, 0.3) is 0 Å². The highest BCUT2D eigenvalue weighted by atomic mass is 32.1. The van der Waals surface area contributed by atoms with Gasteiger partial charge in [0.2, 0.25) is 0 Å². The lowest BCUT2D eigenvalue weighted by molar-refractivity contribution is -0.169. The number of nitrogens with zero attached hydrogens (tertiary/aromatic N) is 4. The van der Waals surface area contributed by atoms with E-state index in [-0.39, 0.29) is 5.79 Å². The molecular weight excluding hydrogens is 374 g/mol. The zero-order valence-corrected chi connectivity index (χ0v) is 16.0. The number of benzene rings is 1. The predicted octanol–water partition coefficient (Wildman–Crippen LogP) is 3.65. The smallest absolute Gasteiger partial charge is 0.189 e. The molecular formula is C20H19N5O2S. The molecule has 28 heavy (non-hydrogen) atoms. The van der Waals surface area contributed by atoms with Gasteiger partial charge in [0.1, 0.15) is 5.82 Å². The summed E-state index contributed by atoms with van der Waals surface area (Å²) in [5, 5.41) is 13.1. The molecule has 0 bridgehead atoms. The Labute approximate surface area is 166 Å². The lowest BCUT2D eigenvalue weighted by Crippen LogP contribution is -2.45. The highest BCUT2D eigenvalue weighted by Crippen LogP contribution is 2.34. The van der Waals surface area contributed by atoms with Gasteiger partial charge >= 0.3 is 0 Å². The number of thiazole rings is 1. The van der Waals surface area contributed by atoms with Crippen molar-refractivity contribution in [2.24, 2.45) is 0 Å². The van der Waals surface area contributed by atoms with E-state index >= 15 is 0 Å². The SMILES string of the molecule is N#Cc1ccc2nc(Nc3cc(N4CCC5(CC4)OCCO5)ccn3)sc2c1. The van der Waals surface area contributed by atoms with Crippen LogP contribution in [0.2, 0.25) is 0 Å². The monoisotopic (exact) mass is 393 g/mol.